The SMILES string of the molecule is COc1ccc(S(=O)(=O)Nc2nccnn2)cc1Br. The Kier molecular flexibility index (Phi) is 3.96. The van der Waals surface area contributed by atoms with Gasteiger partial charge in [-0.25, -0.2) is 18.1 Å². The lowest BCUT2D eigenvalue weighted by Crippen LogP contribution is -2.15. The topological polar surface area (TPSA) is 94.1 Å². The van der Waals surface area contributed by atoms with E-state index in [1.54, 1.807) is 6.07 Å². The largest absolute Gasteiger partial charge is 0.496 e. The summed E-state index contributed by atoms with van der Waals surface area (Å²) < 4.78 is 31.9. The van der Waals surface area contributed by atoms with Crippen molar-refractivity contribution >= 4 is 31.9 Å². The van der Waals surface area contributed by atoms with E-state index in [9.17, 15) is 8.42 Å². The fraction of sp³-hybridized carbons (Fsp3) is 0.100. The highest BCUT2D eigenvalue weighted by atomic mass is 79.9. The average Bonchev–Trinajstić information content (AvgIpc) is 2.39. The maximum atomic E-state index is 12.1. The fourth-order valence-electron chi connectivity index (χ4n) is 1.29. The van der Waals surface area contributed by atoms with Gasteiger partial charge in [0.25, 0.3) is 16.0 Å². The molecule has 7 nitrogen and oxygen atoms in total. The summed E-state index contributed by atoms with van der Waals surface area (Å²) in [6.45, 7) is 0. The van der Waals surface area contributed by atoms with E-state index in [1.165, 1.54) is 31.6 Å². The van der Waals surface area contributed by atoms with E-state index in [0.717, 1.165) is 0 Å². The summed E-state index contributed by atoms with van der Waals surface area (Å²) in [6.07, 6.45) is 2.69. The van der Waals surface area contributed by atoms with Crippen LogP contribution in [0, 0.1) is 0 Å². The average molecular weight is 345 g/mol. The van der Waals surface area contributed by atoms with E-state index in [2.05, 4.69) is 35.8 Å². The fourth-order valence-corrected chi connectivity index (χ4v) is 2.95. The van der Waals surface area contributed by atoms with Gasteiger partial charge in [-0.2, -0.15) is 5.10 Å². The van der Waals surface area contributed by atoms with Crippen LogP contribution in [0.2, 0.25) is 0 Å². The van der Waals surface area contributed by atoms with Gasteiger partial charge in [0, 0.05) is 0 Å². The van der Waals surface area contributed by atoms with Gasteiger partial charge in [0.2, 0.25) is 0 Å². The number of aromatic nitrogens is 3. The highest BCUT2D eigenvalue weighted by molar-refractivity contribution is 9.10. The Morgan fingerprint density at radius 2 is 2.11 bits per heavy atom. The predicted molar refractivity (Wildman–Crippen MR) is 71.3 cm³/mol. The van der Waals surface area contributed by atoms with Crippen molar-refractivity contribution in [1.29, 1.82) is 0 Å². The first-order valence-corrected chi connectivity index (χ1v) is 7.30. The molecular formula is C10H9BrN4O3S. The van der Waals surface area contributed by atoms with Gasteiger partial charge in [0.05, 0.1) is 28.9 Å². The summed E-state index contributed by atoms with van der Waals surface area (Å²) in [4.78, 5) is 3.81. The van der Waals surface area contributed by atoms with E-state index < -0.39 is 10.0 Å². The Morgan fingerprint density at radius 1 is 1.32 bits per heavy atom. The summed E-state index contributed by atoms with van der Waals surface area (Å²) in [5.74, 6) is 0.450. The third-order valence-electron chi connectivity index (χ3n) is 2.14. The molecule has 0 aliphatic heterocycles. The minimum absolute atomic E-state index is 0.0626. The first kappa shape index (κ1) is 13.7. The second-order valence-electron chi connectivity index (χ2n) is 3.37. The molecule has 1 aromatic carbocycles. The van der Waals surface area contributed by atoms with E-state index in [-0.39, 0.29) is 10.8 Å². The van der Waals surface area contributed by atoms with Crippen molar-refractivity contribution in [2.45, 2.75) is 4.90 Å². The van der Waals surface area contributed by atoms with Gasteiger partial charge in [-0.05, 0) is 34.1 Å². The zero-order chi connectivity index (χ0) is 13.9. The van der Waals surface area contributed by atoms with E-state index in [0.29, 0.717) is 10.2 Å². The van der Waals surface area contributed by atoms with Crippen LogP contribution in [0.4, 0.5) is 5.95 Å². The number of sulfonamides is 1. The Bertz CT molecular complexity index is 678. The smallest absolute Gasteiger partial charge is 0.264 e. The van der Waals surface area contributed by atoms with Crippen molar-refractivity contribution in [1.82, 2.24) is 15.2 Å². The molecule has 0 bridgehead atoms. The van der Waals surface area contributed by atoms with E-state index in [4.69, 9.17) is 4.74 Å². The number of benzene rings is 1. The predicted octanol–water partition coefficient (Wildman–Crippen LogP) is 1.44. The quantitative estimate of drug-likeness (QED) is 0.901. The molecule has 0 radical (unpaired) electrons. The molecule has 0 spiro atoms. The molecule has 1 heterocycles. The molecule has 2 rings (SSSR count). The number of nitrogens with one attached hydrogen (secondary N) is 1. The molecule has 1 aromatic heterocycles. The maximum Gasteiger partial charge on any atom is 0.264 e. The Morgan fingerprint density at radius 3 is 2.68 bits per heavy atom. The molecule has 0 saturated carbocycles. The number of hydrogen-bond acceptors (Lipinski definition) is 6. The highest BCUT2D eigenvalue weighted by Gasteiger charge is 2.17. The normalized spacial score (nSPS) is 11.1. The summed E-state index contributed by atoms with van der Waals surface area (Å²) in [7, 11) is -2.27. The van der Waals surface area contributed by atoms with Crippen molar-refractivity contribution in [3.63, 3.8) is 0 Å². The van der Waals surface area contributed by atoms with E-state index >= 15 is 0 Å². The first-order chi connectivity index (χ1) is 9.03. The molecule has 100 valence electrons. The number of ether oxygens (including phenoxy) is 1. The molecule has 0 saturated heterocycles. The number of nitrogens with zero attached hydrogens (tertiary/aromatic N) is 3. The third-order valence-corrected chi connectivity index (χ3v) is 4.09. The lowest BCUT2D eigenvalue weighted by molar-refractivity contribution is 0.411. The van der Waals surface area contributed by atoms with Crippen molar-refractivity contribution in [3.8, 4) is 5.75 Å². The second-order valence-corrected chi connectivity index (χ2v) is 5.90. The Balaban J connectivity index is 2.32. The lowest BCUT2D eigenvalue weighted by Gasteiger charge is -2.08. The van der Waals surface area contributed by atoms with Crippen molar-refractivity contribution in [2.24, 2.45) is 0 Å². The number of rotatable bonds is 4. The minimum atomic E-state index is -3.76. The van der Waals surface area contributed by atoms with Crippen LogP contribution < -0.4 is 9.46 Å². The summed E-state index contributed by atoms with van der Waals surface area (Å²) >= 11 is 3.22. The van der Waals surface area contributed by atoms with Gasteiger partial charge in [-0.3, -0.25) is 0 Å². The van der Waals surface area contributed by atoms with Gasteiger partial charge in [-0.1, -0.05) is 0 Å². The van der Waals surface area contributed by atoms with Crippen LogP contribution in [0.25, 0.3) is 0 Å². The molecule has 0 aliphatic carbocycles. The lowest BCUT2D eigenvalue weighted by atomic mass is 10.3. The van der Waals surface area contributed by atoms with Crippen molar-refractivity contribution < 1.29 is 13.2 Å². The number of methoxy groups -OCH3 is 1. The van der Waals surface area contributed by atoms with Gasteiger partial charge < -0.3 is 4.74 Å². The van der Waals surface area contributed by atoms with Gasteiger partial charge >= 0.3 is 0 Å². The van der Waals surface area contributed by atoms with Gasteiger partial charge in [-0.15, -0.1) is 5.10 Å². The van der Waals surface area contributed by atoms with Crippen LogP contribution in [0.5, 0.6) is 5.75 Å². The van der Waals surface area contributed by atoms with Crippen LogP contribution in [0.3, 0.4) is 0 Å². The monoisotopic (exact) mass is 344 g/mol. The van der Waals surface area contributed by atoms with Gasteiger partial charge in [0.1, 0.15) is 5.75 Å². The third kappa shape index (κ3) is 3.18. The molecule has 9 heteroatoms. The number of hydrogen-bond donors (Lipinski definition) is 1. The van der Waals surface area contributed by atoms with Crippen molar-refractivity contribution in [2.75, 3.05) is 11.8 Å². The summed E-state index contributed by atoms with van der Waals surface area (Å²) in [5, 5.41) is 7.10. The second kappa shape index (κ2) is 5.49. The molecule has 1 N–H and O–H groups in total. The minimum Gasteiger partial charge on any atom is -0.496 e. The van der Waals surface area contributed by atoms with Crippen molar-refractivity contribution in [3.05, 3.63) is 35.1 Å². The number of halogens is 1. The molecule has 0 amide bonds. The van der Waals surface area contributed by atoms with Crippen LogP contribution in [0.15, 0.2) is 40.0 Å². The Hall–Kier alpha value is -1.74. The standard InChI is InChI=1S/C10H9BrN4O3S/c1-18-9-3-2-7(6-8(9)11)19(16,17)15-10-12-4-5-13-14-10/h2-6H,1H3,(H,12,14,15). The van der Waals surface area contributed by atoms with Crippen LogP contribution >= 0.6 is 15.9 Å². The van der Waals surface area contributed by atoms with Crippen LogP contribution in [-0.2, 0) is 10.0 Å². The number of anilines is 1. The summed E-state index contributed by atoms with van der Waals surface area (Å²) in [6, 6.07) is 4.39. The van der Waals surface area contributed by atoms with Crippen LogP contribution in [0.1, 0.15) is 0 Å². The molecule has 2 aromatic rings. The van der Waals surface area contributed by atoms with Crippen LogP contribution in [-0.4, -0.2) is 30.7 Å². The van der Waals surface area contributed by atoms with Gasteiger partial charge in [0.15, 0.2) is 0 Å². The Labute approximate surface area is 118 Å². The zero-order valence-electron chi connectivity index (χ0n) is 9.74. The molecule has 19 heavy (non-hydrogen) atoms. The van der Waals surface area contributed by atoms with E-state index in [1.807, 2.05) is 0 Å². The molecule has 0 aliphatic rings. The molecule has 0 unspecified atom stereocenters. The summed E-state index contributed by atoms with van der Waals surface area (Å²) in [5.41, 5.74) is 0. The molecular weight excluding hydrogens is 336 g/mol. The maximum absolute atomic E-state index is 12.1. The zero-order valence-corrected chi connectivity index (χ0v) is 12.1. The highest BCUT2D eigenvalue weighted by Crippen LogP contribution is 2.27. The molecule has 0 fully saturated rings. The molecule has 0 atom stereocenters. The first-order valence-electron chi connectivity index (χ1n) is 5.03.